The Balaban J connectivity index is 1.36. The number of hydrogen-bond donors (Lipinski definition) is 0. The number of halogens is 2. The highest BCUT2D eigenvalue weighted by atomic mass is 19.1. The summed E-state index contributed by atoms with van der Waals surface area (Å²) in [6.07, 6.45) is 4.93. The summed E-state index contributed by atoms with van der Waals surface area (Å²) in [5.41, 5.74) is 7.09. The Bertz CT molecular complexity index is 1690. The number of allylic oxidation sites excluding steroid dienone is 2. The van der Waals surface area contributed by atoms with Crippen LogP contribution in [0, 0.1) is 5.82 Å². The zero-order chi connectivity index (χ0) is 26.3. The lowest BCUT2D eigenvalue weighted by atomic mass is 9.91. The van der Waals surface area contributed by atoms with Gasteiger partial charge in [-0.15, -0.1) is 0 Å². The number of rotatable bonds is 4. The van der Waals surface area contributed by atoms with Crippen LogP contribution in [0.1, 0.15) is 11.5 Å². The molecule has 2 aliphatic rings. The van der Waals surface area contributed by atoms with E-state index in [0.29, 0.717) is 5.82 Å². The molecular weight excluding hydrogens is 488 g/mol. The fraction of sp³-hybridized carbons (Fsp3) is 0.0588. The van der Waals surface area contributed by atoms with Gasteiger partial charge in [-0.05, 0) is 54.1 Å². The molecule has 0 spiro atoms. The number of nitrogens with zero attached hydrogens (tertiary/aromatic N) is 3. The first-order valence-electron chi connectivity index (χ1n) is 12.9. The first-order valence-corrected chi connectivity index (χ1v) is 12.9. The maximum absolute atomic E-state index is 14.2. The summed E-state index contributed by atoms with van der Waals surface area (Å²) >= 11 is 0. The average Bonchev–Trinajstić information content (AvgIpc) is 3.30. The number of hydrogen-bond acceptors (Lipinski definition) is 3. The second-order valence-corrected chi connectivity index (χ2v) is 9.74. The van der Waals surface area contributed by atoms with E-state index in [1.807, 2.05) is 91.0 Å². The molecule has 7 rings (SSSR count). The van der Waals surface area contributed by atoms with Crippen molar-refractivity contribution in [3.05, 3.63) is 145 Å². The first-order chi connectivity index (χ1) is 19.1. The van der Waals surface area contributed by atoms with Crippen LogP contribution in [0.3, 0.4) is 0 Å². The van der Waals surface area contributed by atoms with Crippen LogP contribution in [-0.2, 0) is 0 Å². The fourth-order valence-corrected chi connectivity index (χ4v) is 5.52. The summed E-state index contributed by atoms with van der Waals surface area (Å²) < 4.78 is 28.5. The van der Waals surface area contributed by atoms with Crippen LogP contribution in [0.2, 0.25) is 0 Å². The van der Waals surface area contributed by atoms with Crippen molar-refractivity contribution in [2.75, 3.05) is 4.90 Å². The molecule has 0 saturated carbocycles. The molecule has 1 aliphatic heterocycles. The quantitative estimate of drug-likeness (QED) is 0.242. The van der Waals surface area contributed by atoms with Gasteiger partial charge in [0.05, 0.1) is 17.4 Å². The lowest BCUT2D eigenvalue weighted by Gasteiger charge is -2.29. The largest absolute Gasteiger partial charge is 0.333 e. The molecule has 39 heavy (non-hydrogen) atoms. The smallest absolute Gasteiger partial charge is 0.160 e. The lowest BCUT2D eigenvalue weighted by Crippen LogP contribution is -2.28. The van der Waals surface area contributed by atoms with E-state index in [1.54, 1.807) is 12.1 Å². The molecule has 3 nitrogen and oxygen atoms in total. The van der Waals surface area contributed by atoms with Crippen LogP contribution in [0.25, 0.3) is 33.9 Å². The maximum Gasteiger partial charge on any atom is 0.160 e. The molecular formula is C34H23F2N3. The van der Waals surface area contributed by atoms with E-state index in [-0.39, 0.29) is 23.6 Å². The van der Waals surface area contributed by atoms with Gasteiger partial charge in [0.25, 0.3) is 0 Å². The minimum Gasteiger partial charge on any atom is -0.333 e. The van der Waals surface area contributed by atoms with Gasteiger partial charge in [-0.2, -0.15) is 0 Å². The van der Waals surface area contributed by atoms with Gasteiger partial charge < -0.3 is 4.90 Å². The zero-order valence-corrected chi connectivity index (χ0v) is 20.9. The van der Waals surface area contributed by atoms with Crippen LogP contribution in [0.5, 0.6) is 0 Å². The molecule has 4 aromatic carbocycles. The highest BCUT2D eigenvalue weighted by molar-refractivity contribution is 5.79. The number of fused-ring (bicyclic) bond motifs is 3. The second kappa shape index (κ2) is 9.44. The van der Waals surface area contributed by atoms with Crippen molar-refractivity contribution in [2.24, 2.45) is 0 Å². The Morgan fingerprint density at radius 2 is 1.33 bits per heavy atom. The SMILES string of the molecule is FC1=CC2c3cc(F)ccc3N(c3cccc(-c4cc(-c5ccccc5)nc(-c5ccccc5)n4)c3)C2C=C1. The van der Waals surface area contributed by atoms with Crippen molar-refractivity contribution in [3.8, 4) is 33.9 Å². The molecule has 188 valence electrons. The maximum atomic E-state index is 14.2. The summed E-state index contributed by atoms with van der Waals surface area (Å²) in [6, 6.07) is 34.8. The van der Waals surface area contributed by atoms with E-state index in [0.717, 1.165) is 45.0 Å². The molecule has 1 aromatic heterocycles. The van der Waals surface area contributed by atoms with Crippen LogP contribution in [0.15, 0.2) is 133 Å². The first kappa shape index (κ1) is 23.2. The van der Waals surface area contributed by atoms with Gasteiger partial charge in [-0.3, -0.25) is 0 Å². The summed E-state index contributed by atoms with van der Waals surface area (Å²) in [4.78, 5) is 12.0. The van der Waals surface area contributed by atoms with E-state index in [1.165, 1.54) is 18.2 Å². The number of aromatic nitrogens is 2. The molecule has 0 N–H and O–H groups in total. The molecule has 0 fully saturated rings. The van der Waals surface area contributed by atoms with Crippen LogP contribution >= 0.6 is 0 Å². The molecule has 2 heterocycles. The molecule has 0 amide bonds. The summed E-state index contributed by atoms with van der Waals surface area (Å²) in [7, 11) is 0. The Labute approximate surface area is 225 Å². The third kappa shape index (κ3) is 4.22. The Morgan fingerprint density at radius 1 is 0.641 bits per heavy atom. The van der Waals surface area contributed by atoms with E-state index in [4.69, 9.17) is 9.97 Å². The molecule has 1 aliphatic carbocycles. The summed E-state index contributed by atoms with van der Waals surface area (Å²) in [5.74, 6) is -0.243. The fourth-order valence-electron chi connectivity index (χ4n) is 5.52. The Morgan fingerprint density at radius 3 is 2.10 bits per heavy atom. The predicted molar refractivity (Wildman–Crippen MR) is 152 cm³/mol. The molecule has 0 bridgehead atoms. The third-order valence-corrected chi connectivity index (χ3v) is 7.31. The van der Waals surface area contributed by atoms with Crippen molar-refractivity contribution in [1.82, 2.24) is 9.97 Å². The van der Waals surface area contributed by atoms with Gasteiger partial charge >= 0.3 is 0 Å². The van der Waals surface area contributed by atoms with Gasteiger partial charge in [0.2, 0.25) is 0 Å². The van der Waals surface area contributed by atoms with Gasteiger partial charge in [-0.25, -0.2) is 18.7 Å². The molecule has 5 aromatic rings. The second-order valence-electron chi connectivity index (χ2n) is 9.74. The minimum atomic E-state index is -0.325. The third-order valence-electron chi connectivity index (χ3n) is 7.31. The number of benzene rings is 4. The monoisotopic (exact) mass is 511 g/mol. The molecule has 5 heteroatoms. The number of anilines is 2. The van der Waals surface area contributed by atoms with Crippen LogP contribution in [0.4, 0.5) is 20.2 Å². The summed E-state index contributed by atoms with van der Waals surface area (Å²) in [5, 5.41) is 0. The highest BCUT2D eigenvalue weighted by Gasteiger charge is 2.38. The van der Waals surface area contributed by atoms with Gasteiger partial charge in [0.1, 0.15) is 11.6 Å². The lowest BCUT2D eigenvalue weighted by molar-refractivity contribution is 0.615. The zero-order valence-electron chi connectivity index (χ0n) is 20.9. The standard InChI is InChI=1S/C34H23F2N3/c35-25-14-16-32-28(19-25)29-20-26(36)15-17-33(29)39(32)27-13-7-12-24(18-27)31-21-30(22-8-3-1-4-9-22)37-34(38-31)23-10-5-2-6-11-23/h1-21,28,32H. The molecule has 0 saturated heterocycles. The van der Waals surface area contributed by atoms with Gasteiger partial charge in [-0.1, -0.05) is 78.9 Å². The van der Waals surface area contributed by atoms with Crippen molar-refractivity contribution in [3.63, 3.8) is 0 Å². The molecule has 0 radical (unpaired) electrons. The van der Waals surface area contributed by atoms with E-state index < -0.39 is 0 Å². The topological polar surface area (TPSA) is 29.0 Å². The predicted octanol–water partition coefficient (Wildman–Crippen LogP) is 8.64. The van der Waals surface area contributed by atoms with Crippen LogP contribution in [-0.4, -0.2) is 16.0 Å². The van der Waals surface area contributed by atoms with E-state index in [2.05, 4.69) is 11.0 Å². The van der Waals surface area contributed by atoms with Crippen molar-refractivity contribution < 1.29 is 8.78 Å². The Hall–Kier alpha value is -4.90. The van der Waals surface area contributed by atoms with E-state index >= 15 is 0 Å². The van der Waals surface area contributed by atoms with Crippen molar-refractivity contribution in [1.29, 1.82) is 0 Å². The van der Waals surface area contributed by atoms with Gasteiger partial charge in [0.15, 0.2) is 5.82 Å². The van der Waals surface area contributed by atoms with Crippen molar-refractivity contribution >= 4 is 11.4 Å². The summed E-state index contributed by atoms with van der Waals surface area (Å²) in [6.45, 7) is 0. The molecule has 2 unspecified atom stereocenters. The van der Waals surface area contributed by atoms with E-state index in [9.17, 15) is 8.78 Å². The Kier molecular flexibility index (Phi) is 5.63. The van der Waals surface area contributed by atoms with Crippen LogP contribution < -0.4 is 4.90 Å². The highest BCUT2D eigenvalue weighted by Crippen LogP contribution is 2.49. The average molecular weight is 512 g/mol. The normalized spacial score (nSPS) is 17.5. The minimum absolute atomic E-state index is 0.151. The van der Waals surface area contributed by atoms with Crippen molar-refractivity contribution in [2.45, 2.75) is 12.0 Å². The van der Waals surface area contributed by atoms with Gasteiger partial charge in [0, 0.05) is 34.0 Å². The molecule has 2 atom stereocenters.